The first-order valence-corrected chi connectivity index (χ1v) is 6.17. The summed E-state index contributed by atoms with van der Waals surface area (Å²) in [6, 6.07) is 10.1. The van der Waals surface area contributed by atoms with E-state index in [0.29, 0.717) is 22.5 Å². The topological polar surface area (TPSA) is 85.1 Å². The van der Waals surface area contributed by atoms with Crippen LogP contribution in [0.15, 0.2) is 42.6 Å². The average Bonchev–Trinajstić information content (AvgIpc) is 2.47. The van der Waals surface area contributed by atoms with E-state index in [1.165, 1.54) is 6.92 Å². The number of benzene rings is 1. The molecule has 3 N–H and O–H groups in total. The summed E-state index contributed by atoms with van der Waals surface area (Å²) in [7, 11) is 0. The third-order valence-electron chi connectivity index (χ3n) is 2.81. The molecule has 102 valence electrons. The lowest BCUT2D eigenvalue weighted by atomic mass is 10.1. The molecule has 1 heterocycles. The molecule has 2 rings (SSSR count). The molecular formula is C15H15N3O2. The number of ketones is 1. The van der Waals surface area contributed by atoms with E-state index in [1.807, 2.05) is 0 Å². The van der Waals surface area contributed by atoms with Crippen LogP contribution in [0.2, 0.25) is 0 Å². The van der Waals surface area contributed by atoms with Crippen molar-refractivity contribution in [3.63, 3.8) is 0 Å². The molecule has 5 heteroatoms. The Bertz CT molecular complexity index is 653. The molecule has 20 heavy (non-hydrogen) atoms. The van der Waals surface area contributed by atoms with Crippen LogP contribution in [0, 0.1) is 0 Å². The number of aromatic nitrogens is 1. The molecule has 1 aromatic heterocycles. The highest BCUT2D eigenvalue weighted by atomic mass is 16.1. The van der Waals surface area contributed by atoms with Gasteiger partial charge in [0.2, 0.25) is 0 Å². The van der Waals surface area contributed by atoms with E-state index in [1.54, 1.807) is 42.6 Å². The van der Waals surface area contributed by atoms with Gasteiger partial charge in [-0.05, 0) is 31.2 Å². The van der Waals surface area contributed by atoms with Crippen molar-refractivity contribution < 1.29 is 9.59 Å². The van der Waals surface area contributed by atoms with Gasteiger partial charge in [0, 0.05) is 29.6 Å². The van der Waals surface area contributed by atoms with Crippen molar-refractivity contribution in [2.24, 2.45) is 5.73 Å². The minimum atomic E-state index is -0.261. The number of Topliss-reactive ketones (excluding diaryl/α,β-unsaturated/α-hetero) is 1. The van der Waals surface area contributed by atoms with Gasteiger partial charge in [0.05, 0.1) is 5.69 Å². The zero-order chi connectivity index (χ0) is 14.5. The molecule has 0 saturated heterocycles. The Morgan fingerprint density at radius 1 is 1.20 bits per heavy atom. The number of rotatable bonds is 4. The summed E-state index contributed by atoms with van der Waals surface area (Å²) < 4.78 is 0. The average molecular weight is 269 g/mol. The van der Waals surface area contributed by atoms with Crippen molar-refractivity contribution in [1.82, 2.24) is 4.98 Å². The highest BCUT2D eigenvalue weighted by molar-refractivity contribution is 6.05. The lowest BCUT2D eigenvalue weighted by molar-refractivity contribution is 0.101. The van der Waals surface area contributed by atoms with Gasteiger partial charge in [-0.15, -0.1) is 0 Å². The molecule has 0 saturated carbocycles. The predicted molar refractivity (Wildman–Crippen MR) is 76.5 cm³/mol. The second kappa shape index (κ2) is 6.08. The van der Waals surface area contributed by atoms with Gasteiger partial charge in [0.25, 0.3) is 5.91 Å². The van der Waals surface area contributed by atoms with E-state index in [0.717, 1.165) is 0 Å². The van der Waals surface area contributed by atoms with Crippen molar-refractivity contribution in [2.75, 3.05) is 5.32 Å². The van der Waals surface area contributed by atoms with Crippen LogP contribution < -0.4 is 11.1 Å². The Balaban J connectivity index is 2.18. The Morgan fingerprint density at radius 2 is 2.00 bits per heavy atom. The number of pyridine rings is 1. The minimum Gasteiger partial charge on any atom is -0.325 e. The summed E-state index contributed by atoms with van der Waals surface area (Å²) in [6.07, 6.45) is 1.54. The number of nitrogens with zero attached hydrogens (tertiary/aromatic N) is 1. The van der Waals surface area contributed by atoms with Gasteiger partial charge in [-0.2, -0.15) is 0 Å². The van der Waals surface area contributed by atoms with Gasteiger partial charge in [-0.25, -0.2) is 0 Å². The molecule has 0 radical (unpaired) electrons. The lowest BCUT2D eigenvalue weighted by Gasteiger charge is -2.07. The maximum atomic E-state index is 12.1. The number of amides is 1. The third-order valence-corrected chi connectivity index (χ3v) is 2.81. The second-order valence-corrected chi connectivity index (χ2v) is 4.33. The van der Waals surface area contributed by atoms with Crippen LogP contribution in [-0.4, -0.2) is 16.7 Å². The highest BCUT2D eigenvalue weighted by Gasteiger charge is 2.08. The van der Waals surface area contributed by atoms with Crippen LogP contribution in [0.3, 0.4) is 0 Å². The first kappa shape index (κ1) is 13.9. The predicted octanol–water partition coefficient (Wildman–Crippen LogP) is 2.00. The van der Waals surface area contributed by atoms with Gasteiger partial charge < -0.3 is 11.1 Å². The summed E-state index contributed by atoms with van der Waals surface area (Å²) in [6.45, 7) is 1.76. The third kappa shape index (κ3) is 3.27. The summed E-state index contributed by atoms with van der Waals surface area (Å²) in [5.74, 6) is -0.307. The maximum Gasteiger partial charge on any atom is 0.255 e. The van der Waals surface area contributed by atoms with Crippen molar-refractivity contribution in [3.05, 3.63) is 59.4 Å². The standard InChI is InChI=1S/C15H15N3O2/c1-10(19)11-3-2-4-13(7-11)18-15(20)12-5-6-17-14(8-12)9-16/h2-8H,9,16H2,1H3,(H,18,20). The second-order valence-electron chi connectivity index (χ2n) is 4.33. The SMILES string of the molecule is CC(=O)c1cccc(NC(=O)c2ccnc(CN)c2)c1. The molecule has 1 aromatic carbocycles. The molecule has 5 nitrogen and oxygen atoms in total. The molecule has 1 amide bonds. The van der Waals surface area contributed by atoms with Crippen molar-refractivity contribution in [3.8, 4) is 0 Å². The Kier molecular flexibility index (Phi) is 4.22. The summed E-state index contributed by atoms with van der Waals surface area (Å²) in [5, 5.41) is 2.75. The fourth-order valence-electron chi connectivity index (χ4n) is 1.75. The normalized spacial score (nSPS) is 10.1. The van der Waals surface area contributed by atoms with Crippen LogP contribution in [0.1, 0.15) is 33.3 Å². The zero-order valence-electron chi connectivity index (χ0n) is 11.1. The van der Waals surface area contributed by atoms with Gasteiger partial charge >= 0.3 is 0 Å². The van der Waals surface area contributed by atoms with Gasteiger partial charge in [-0.1, -0.05) is 12.1 Å². The number of carbonyl (C=O) groups excluding carboxylic acids is 2. The monoisotopic (exact) mass is 269 g/mol. The van der Waals surface area contributed by atoms with Gasteiger partial charge in [0.1, 0.15) is 0 Å². The molecule has 0 spiro atoms. The Hall–Kier alpha value is -2.53. The molecule has 0 aliphatic heterocycles. The van der Waals surface area contributed by atoms with Crippen LogP contribution >= 0.6 is 0 Å². The smallest absolute Gasteiger partial charge is 0.255 e. The van der Waals surface area contributed by atoms with Crippen molar-refractivity contribution >= 4 is 17.4 Å². The van der Waals surface area contributed by atoms with Gasteiger partial charge in [-0.3, -0.25) is 14.6 Å². The van der Waals surface area contributed by atoms with E-state index < -0.39 is 0 Å². The molecule has 0 fully saturated rings. The molecular weight excluding hydrogens is 254 g/mol. The lowest BCUT2D eigenvalue weighted by Crippen LogP contribution is -2.13. The zero-order valence-corrected chi connectivity index (χ0v) is 11.1. The quantitative estimate of drug-likeness (QED) is 0.831. The number of hydrogen-bond donors (Lipinski definition) is 2. The molecule has 0 aliphatic rings. The molecule has 0 unspecified atom stereocenters. The fraction of sp³-hybridized carbons (Fsp3) is 0.133. The van der Waals surface area contributed by atoms with E-state index in [9.17, 15) is 9.59 Å². The number of nitrogens with one attached hydrogen (secondary N) is 1. The van der Waals surface area contributed by atoms with Crippen LogP contribution in [-0.2, 0) is 6.54 Å². The van der Waals surface area contributed by atoms with E-state index in [-0.39, 0.29) is 18.2 Å². The Labute approximate surface area is 116 Å². The van der Waals surface area contributed by atoms with E-state index in [4.69, 9.17) is 5.73 Å². The van der Waals surface area contributed by atoms with Gasteiger partial charge in [0.15, 0.2) is 5.78 Å². The first-order valence-electron chi connectivity index (χ1n) is 6.17. The summed E-state index contributed by atoms with van der Waals surface area (Å²) in [5.41, 5.74) is 7.75. The van der Waals surface area contributed by atoms with Crippen LogP contribution in [0.5, 0.6) is 0 Å². The fourth-order valence-corrected chi connectivity index (χ4v) is 1.75. The molecule has 0 atom stereocenters. The number of hydrogen-bond acceptors (Lipinski definition) is 4. The maximum absolute atomic E-state index is 12.1. The summed E-state index contributed by atoms with van der Waals surface area (Å²) >= 11 is 0. The number of carbonyl (C=O) groups is 2. The molecule has 0 aliphatic carbocycles. The van der Waals surface area contributed by atoms with Crippen LogP contribution in [0.4, 0.5) is 5.69 Å². The first-order chi connectivity index (χ1) is 9.60. The van der Waals surface area contributed by atoms with E-state index in [2.05, 4.69) is 10.3 Å². The van der Waals surface area contributed by atoms with E-state index >= 15 is 0 Å². The van der Waals surface area contributed by atoms with Crippen molar-refractivity contribution in [2.45, 2.75) is 13.5 Å². The highest BCUT2D eigenvalue weighted by Crippen LogP contribution is 2.13. The summed E-state index contributed by atoms with van der Waals surface area (Å²) in [4.78, 5) is 27.4. The van der Waals surface area contributed by atoms with Crippen LogP contribution in [0.25, 0.3) is 0 Å². The number of nitrogens with two attached hydrogens (primary N) is 1. The molecule has 0 bridgehead atoms. The Morgan fingerprint density at radius 3 is 2.70 bits per heavy atom. The number of anilines is 1. The minimum absolute atomic E-state index is 0.0459. The molecule has 2 aromatic rings. The largest absolute Gasteiger partial charge is 0.325 e. The van der Waals surface area contributed by atoms with Crippen molar-refractivity contribution in [1.29, 1.82) is 0 Å².